The molecule has 5 rings (SSSR count). The quantitative estimate of drug-likeness (QED) is 0.582. The van der Waals surface area contributed by atoms with Crippen molar-refractivity contribution >= 4 is 33.1 Å². The van der Waals surface area contributed by atoms with Crippen LogP contribution in [0.1, 0.15) is 42.4 Å². The molecule has 3 heterocycles. The third kappa shape index (κ3) is 3.51. The molecule has 0 saturated carbocycles. The van der Waals surface area contributed by atoms with Crippen molar-refractivity contribution in [2.45, 2.75) is 32.2 Å². The van der Waals surface area contributed by atoms with Crippen molar-refractivity contribution in [3.63, 3.8) is 0 Å². The van der Waals surface area contributed by atoms with Gasteiger partial charge < -0.3 is 0 Å². The molecule has 3 nitrogen and oxygen atoms in total. The minimum atomic E-state index is 1.09. The van der Waals surface area contributed by atoms with Crippen LogP contribution in [0.4, 0.5) is 0 Å². The number of rotatable bonds is 4. The molecule has 1 fully saturated rings. The third-order valence-electron chi connectivity index (χ3n) is 6.04. The van der Waals surface area contributed by atoms with Gasteiger partial charge in [-0.05, 0) is 60.7 Å². The number of hydrogen-bond donors (Lipinski definition) is 0. The second kappa shape index (κ2) is 7.76. The summed E-state index contributed by atoms with van der Waals surface area (Å²) < 4.78 is 1.97. The minimum Gasteiger partial charge on any atom is -0.299 e. The highest BCUT2D eigenvalue weighted by atomic mass is 32.2. The van der Waals surface area contributed by atoms with Crippen molar-refractivity contribution in [1.82, 2.24) is 14.7 Å². The molecule has 0 spiro atoms. The summed E-state index contributed by atoms with van der Waals surface area (Å²) in [6.45, 7) is 3.60. The summed E-state index contributed by atoms with van der Waals surface area (Å²) in [6, 6.07) is 16.1. The molecule has 0 unspecified atom stereocenters. The van der Waals surface area contributed by atoms with Gasteiger partial charge in [-0.1, -0.05) is 42.8 Å². The summed E-state index contributed by atoms with van der Waals surface area (Å²) in [5, 5.41) is 5.60. The molecular weight excluding hydrogens is 362 g/mol. The number of thioether (sulfide) groups is 1. The molecule has 0 atom stereocenters. The van der Waals surface area contributed by atoms with E-state index in [4.69, 9.17) is 0 Å². The van der Waals surface area contributed by atoms with Crippen molar-refractivity contribution in [3.05, 3.63) is 65.4 Å². The molecule has 0 bridgehead atoms. The number of hydrogen-bond acceptors (Lipinski definition) is 3. The predicted molar refractivity (Wildman–Crippen MR) is 120 cm³/mol. The highest BCUT2D eigenvalue weighted by molar-refractivity contribution is 8.08. The number of likely N-dealkylation sites (tertiary alicyclic amines) is 1. The summed E-state index contributed by atoms with van der Waals surface area (Å²) in [7, 11) is 2.02. The van der Waals surface area contributed by atoms with E-state index in [1.807, 2.05) is 29.7 Å². The zero-order valence-electron chi connectivity index (χ0n) is 16.5. The van der Waals surface area contributed by atoms with Gasteiger partial charge in [0.1, 0.15) is 0 Å². The van der Waals surface area contributed by atoms with Gasteiger partial charge in [0.2, 0.25) is 0 Å². The van der Waals surface area contributed by atoms with Crippen molar-refractivity contribution in [3.8, 4) is 0 Å². The maximum Gasteiger partial charge on any atom is 0.0685 e. The van der Waals surface area contributed by atoms with Crippen LogP contribution in [0.5, 0.6) is 0 Å². The molecule has 2 aliphatic rings. The largest absolute Gasteiger partial charge is 0.299 e. The normalized spacial score (nSPS) is 18.3. The second-order valence-electron chi connectivity index (χ2n) is 7.98. The SMILES string of the molecule is Cn1ncc2ccc(C3=C(c4ccc(CN5CCCCC5)cc4)SCC3)cc21. The Balaban J connectivity index is 1.42. The number of piperidine rings is 1. The maximum atomic E-state index is 4.39. The first-order valence-corrected chi connectivity index (χ1v) is 11.4. The molecule has 2 aliphatic heterocycles. The van der Waals surface area contributed by atoms with Gasteiger partial charge in [0.15, 0.2) is 0 Å². The number of allylic oxidation sites excluding steroid dienone is 1. The Bertz CT molecular complexity index is 1010. The Labute approximate surface area is 171 Å². The standard InChI is InChI=1S/C24H27N3S/c1-26-23-15-20(9-10-21(23)16-25-26)22-11-14-28-24(22)19-7-5-18(6-8-19)17-27-12-3-2-4-13-27/h5-10,15-16H,2-4,11-14,17H2,1H3. The Morgan fingerprint density at radius 2 is 1.75 bits per heavy atom. The van der Waals surface area contributed by atoms with Crippen molar-refractivity contribution in [2.75, 3.05) is 18.8 Å². The first-order valence-electron chi connectivity index (χ1n) is 10.4. The van der Waals surface area contributed by atoms with Gasteiger partial charge in [-0.25, -0.2) is 0 Å². The lowest BCUT2D eigenvalue weighted by Gasteiger charge is -2.26. The maximum absolute atomic E-state index is 4.39. The monoisotopic (exact) mass is 389 g/mol. The van der Waals surface area contributed by atoms with Crippen LogP contribution in [0.2, 0.25) is 0 Å². The van der Waals surface area contributed by atoms with Gasteiger partial charge in [0.25, 0.3) is 0 Å². The van der Waals surface area contributed by atoms with Gasteiger partial charge in [-0.15, -0.1) is 11.8 Å². The fourth-order valence-corrected chi connectivity index (χ4v) is 5.67. The lowest BCUT2D eigenvalue weighted by Crippen LogP contribution is -2.29. The van der Waals surface area contributed by atoms with E-state index in [1.165, 1.54) is 76.2 Å². The number of nitrogens with zero attached hydrogens (tertiary/aromatic N) is 3. The van der Waals surface area contributed by atoms with Crippen molar-refractivity contribution < 1.29 is 0 Å². The first kappa shape index (κ1) is 18.0. The average Bonchev–Trinajstić information content (AvgIpc) is 3.36. The lowest BCUT2D eigenvalue weighted by atomic mass is 9.99. The summed E-state index contributed by atoms with van der Waals surface area (Å²) in [5.41, 5.74) is 6.83. The average molecular weight is 390 g/mol. The molecule has 144 valence electrons. The molecule has 0 N–H and O–H groups in total. The van der Waals surface area contributed by atoms with Gasteiger partial charge in [0.05, 0.1) is 11.7 Å². The van der Waals surface area contributed by atoms with E-state index in [9.17, 15) is 0 Å². The molecule has 3 aromatic rings. The van der Waals surface area contributed by atoms with E-state index in [0.29, 0.717) is 0 Å². The Morgan fingerprint density at radius 3 is 2.57 bits per heavy atom. The summed E-state index contributed by atoms with van der Waals surface area (Å²) >= 11 is 2.00. The molecule has 0 aliphatic carbocycles. The topological polar surface area (TPSA) is 21.1 Å². The zero-order valence-corrected chi connectivity index (χ0v) is 17.3. The van der Waals surface area contributed by atoms with Gasteiger partial charge in [0, 0.05) is 29.6 Å². The van der Waals surface area contributed by atoms with Crippen LogP contribution in [0, 0.1) is 0 Å². The smallest absolute Gasteiger partial charge is 0.0685 e. The molecule has 1 aromatic heterocycles. The van der Waals surface area contributed by atoms with Crippen molar-refractivity contribution in [1.29, 1.82) is 0 Å². The number of fused-ring (bicyclic) bond motifs is 1. The van der Waals surface area contributed by atoms with E-state index >= 15 is 0 Å². The fraction of sp³-hybridized carbons (Fsp3) is 0.375. The number of aryl methyl sites for hydroxylation is 1. The predicted octanol–water partition coefficient (Wildman–Crippen LogP) is 5.56. The van der Waals surface area contributed by atoms with Crippen LogP contribution < -0.4 is 0 Å². The molecule has 28 heavy (non-hydrogen) atoms. The Kier molecular flexibility index (Phi) is 5.00. The second-order valence-corrected chi connectivity index (χ2v) is 9.09. The van der Waals surface area contributed by atoms with Gasteiger partial charge in [-0.3, -0.25) is 9.58 Å². The third-order valence-corrected chi connectivity index (χ3v) is 7.22. The van der Waals surface area contributed by atoms with Crippen LogP contribution in [-0.4, -0.2) is 33.5 Å². The van der Waals surface area contributed by atoms with E-state index in [2.05, 4.69) is 52.5 Å². The summed E-state index contributed by atoms with van der Waals surface area (Å²) in [6.07, 6.45) is 7.18. The van der Waals surface area contributed by atoms with E-state index < -0.39 is 0 Å². The van der Waals surface area contributed by atoms with Gasteiger partial charge in [-0.2, -0.15) is 5.10 Å². The van der Waals surface area contributed by atoms with Gasteiger partial charge >= 0.3 is 0 Å². The Morgan fingerprint density at radius 1 is 0.964 bits per heavy atom. The molecule has 1 saturated heterocycles. The van der Waals surface area contributed by atoms with E-state index in [-0.39, 0.29) is 0 Å². The summed E-state index contributed by atoms with van der Waals surface area (Å²) in [4.78, 5) is 4.04. The zero-order chi connectivity index (χ0) is 18.9. The van der Waals surface area contributed by atoms with Crippen LogP contribution in [0.15, 0.2) is 48.7 Å². The molecule has 4 heteroatoms. The van der Waals surface area contributed by atoms with E-state index in [0.717, 1.165) is 13.0 Å². The molecule has 0 amide bonds. The van der Waals surface area contributed by atoms with Crippen LogP contribution in [-0.2, 0) is 13.6 Å². The van der Waals surface area contributed by atoms with E-state index in [1.54, 1.807) is 0 Å². The number of benzene rings is 2. The lowest BCUT2D eigenvalue weighted by molar-refractivity contribution is 0.221. The fourth-order valence-electron chi connectivity index (χ4n) is 4.46. The molecule has 2 aromatic carbocycles. The Hall–Kier alpha value is -2.04. The van der Waals surface area contributed by atoms with Crippen LogP contribution in [0.3, 0.4) is 0 Å². The highest BCUT2D eigenvalue weighted by Gasteiger charge is 2.19. The number of aromatic nitrogens is 2. The molecule has 0 radical (unpaired) electrons. The van der Waals surface area contributed by atoms with Crippen molar-refractivity contribution in [2.24, 2.45) is 7.05 Å². The molecular formula is C24H27N3S. The van der Waals surface area contributed by atoms with Crippen LogP contribution >= 0.6 is 11.8 Å². The highest BCUT2D eigenvalue weighted by Crippen LogP contribution is 2.44. The van der Waals surface area contributed by atoms with Crippen LogP contribution in [0.25, 0.3) is 21.4 Å². The first-order chi connectivity index (χ1) is 13.8. The minimum absolute atomic E-state index is 1.09. The summed E-state index contributed by atoms with van der Waals surface area (Å²) in [5.74, 6) is 1.17.